The number of hydrogen-bond donors (Lipinski definition) is 3. The smallest absolute Gasteiger partial charge is 0.266 e. The summed E-state index contributed by atoms with van der Waals surface area (Å²) in [6.07, 6.45) is 5.58. The van der Waals surface area contributed by atoms with Gasteiger partial charge in [0.05, 0.1) is 58.8 Å². The van der Waals surface area contributed by atoms with Crippen molar-refractivity contribution in [2.45, 2.75) is 37.5 Å². The van der Waals surface area contributed by atoms with E-state index in [1.165, 1.54) is 23.0 Å². The molecule has 34 heavy (non-hydrogen) atoms. The number of nitrogens with zero attached hydrogens (tertiary/aromatic N) is 4. The van der Waals surface area contributed by atoms with Crippen molar-refractivity contribution in [2.75, 3.05) is 11.9 Å². The Morgan fingerprint density at radius 2 is 2.09 bits per heavy atom. The lowest BCUT2D eigenvalue weighted by atomic mass is 9.99. The minimum absolute atomic E-state index is 0.156. The number of hydrogen-bond acceptors (Lipinski definition) is 6. The van der Waals surface area contributed by atoms with E-state index in [0.717, 1.165) is 0 Å². The van der Waals surface area contributed by atoms with Gasteiger partial charge in [-0.2, -0.15) is 5.10 Å². The van der Waals surface area contributed by atoms with E-state index >= 15 is 0 Å². The van der Waals surface area contributed by atoms with E-state index in [9.17, 15) is 19.4 Å². The molecule has 0 radical (unpaired) electrons. The Labute approximate surface area is 199 Å². The largest absolute Gasteiger partial charge is 0.394 e. The van der Waals surface area contributed by atoms with E-state index in [1.807, 2.05) is 0 Å². The van der Waals surface area contributed by atoms with Gasteiger partial charge >= 0.3 is 0 Å². The molecule has 2 atom stereocenters. The molecule has 0 aliphatic heterocycles. The molecule has 176 valence electrons. The Morgan fingerprint density at radius 3 is 2.82 bits per heavy atom. The summed E-state index contributed by atoms with van der Waals surface area (Å²) >= 11 is 6.39. The molecule has 0 bridgehead atoms. The van der Waals surface area contributed by atoms with Crippen LogP contribution in [-0.2, 0) is 6.54 Å². The normalized spacial score (nSPS) is 20.2. The number of pyridine rings is 2. The van der Waals surface area contributed by atoms with Crippen molar-refractivity contribution in [3.8, 4) is 5.69 Å². The van der Waals surface area contributed by atoms with E-state index < -0.39 is 11.6 Å². The average molecular weight is 484 g/mol. The Bertz CT molecular complexity index is 1420. The molecule has 1 unspecified atom stereocenters. The number of rotatable bonds is 6. The monoisotopic (exact) mass is 483 g/mol. The quantitative estimate of drug-likeness (QED) is 0.389. The van der Waals surface area contributed by atoms with Crippen molar-refractivity contribution in [1.82, 2.24) is 19.3 Å². The number of nitrogens with one attached hydrogen (secondary N) is 1. The molecule has 5 rings (SSSR count). The molecule has 0 saturated heterocycles. The molecular weight excluding hydrogens is 461 g/mol. The second-order valence-corrected chi connectivity index (χ2v) is 9.07. The molecule has 3 aromatic heterocycles. The fourth-order valence-electron chi connectivity index (χ4n) is 4.53. The molecule has 4 aromatic rings. The fraction of sp³-hybridized carbons (Fsp3) is 0.292. The van der Waals surface area contributed by atoms with Gasteiger partial charge in [0.2, 0.25) is 0 Å². The van der Waals surface area contributed by atoms with Crippen LogP contribution in [0.4, 0.5) is 10.2 Å². The van der Waals surface area contributed by atoms with Crippen LogP contribution in [0.15, 0.2) is 59.8 Å². The van der Waals surface area contributed by atoms with Gasteiger partial charge in [0.15, 0.2) is 0 Å². The van der Waals surface area contributed by atoms with E-state index in [2.05, 4.69) is 15.4 Å². The predicted octanol–water partition coefficient (Wildman–Crippen LogP) is 3.11. The number of anilines is 1. The van der Waals surface area contributed by atoms with Crippen LogP contribution in [-0.4, -0.2) is 47.8 Å². The van der Waals surface area contributed by atoms with Gasteiger partial charge in [0.25, 0.3) is 5.56 Å². The number of aliphatic hydroxyl groups is 2. The summed E-state index contributed by atoms with van der Waals surface area (Å²) in [7, 11) is 0. The average Bonchev–Trinajstić information content (AvgIpc) is 3.41. The Balaban J connectivity index is 1.50. The molecule has 0 spiro atoms. The third kappa shape index (κ3) is 4.06. The maximum Gasteiger partial charge on any atom is 0.266 e. The molecule has 1 saturated carbocycles. The molecule has 1 fully saturated rings. The van der Waals surface area contributed by atoms with Crippen LogP contribution in [0.1, 0.15) is 24.8 Å². The van der Waals surface area contributed by atoms with Gasteiger partial charge < -0.3 is 15.5 Å². The van der Waals surface area contributed by atoms with Crippen LogP contribution < -0.4 is 10.9 Å². The number of benzene rings is 1. The Hall–Kier alpha value is -3.27. The van der Waals surface area contributed by atoms with E-state index in [1.54, 1.807) is 41.2 Å². The number of halogens is 2. The highest BCUT2D eigenvalue weighted by Gasteiger charge is 2.38. The molecular formula is C24H23ClFN5O3. The summed E-state index contributed by atoms with van der Waals surface area (Å²) in [5.41, 5.74) is 0.455. The zero-order chi connectivity index (χ0) is 23.9. The molecule has 1 aliphatic rings. The van der Waals surface area contributed by atoms with Crippen molar-refractivity contribution in [1.29, 1.82) is 0 Å². The Morgan fingerprint density at radius 1 is 1.26 bits per heavy atom. The van der Waals surface area contributed by atoms with Crippen molar-refractivity contribution in [3.63, 3.8) is 0 Å². The lowest BCUT2D eigenvalue weighted by Crippen LogP contribution is -2.40. The number of aromatic nitrogens is 4. The first kappa shape index (κ1) is 22.5. The third-order valence-corrected chi connectivity index (χ3v) is 6.65. The standard InChI is InChI=1S/C24H23ClFN5O3/c25-18-12-27-22(29-24(14-32)7-5-16(33)10-24)9-21(18)30-8-6-20-17(23(30)34)11-28-31(20)13-15-3-1-2-4-19(15)26/h1-4,6,8-9,11-12,16,32-33H,5,7,10,13-14H2,(H,27,29)/t16?,24-/m1/s1. The fourth-order valence-corrected chi connectivity index (χ4v) is 4.72. The van der Waals surface area contributed by atoms with Crippen LogP contribution in [0.5, 0.6) is 0 Å². The van der Waals surface area contributed by atoms with Crippen LogP contribution in [0.2, 0.25) is 5.02 Å². The van der Waals surface area contributed by atoms with Crippen LogP contribution in [0, 0.1) is 5.82 Å². The molecule has 3 heterocycles. The van der Waals surface area contributed by atoms with Gasteiger partial charge in [0.1, 0.15) is 11.6 Å². The SMILES string of the molecule is O=c1c2cnn(Cc3ccccc3F)c2ccn1-c1cc(N[C@]2(CO)CCC(O)C2)ncc1Cl. The highest BCUT2D eigenvalue weighted by Crippen LogP contribution is 2.33. The van der Waals surface area contributed by atoms with Gasteiger partial charge in [0, 0.05) is 17.8 Å². The minimum Gasteiger partial charge on any atom is -0.394 e. The predicted molar refractivity (Wildman–Crippen MR) is 127 cm³/mol. The van der Waals surface area contributed by atoms with E-state index in [0.29, 0.717) is 47.2 Å². The molecule has 3 N–H and O–H groups in total. The zero-order valence-corrected chi connectivity index (χ0v) is 18.9. The highest BCUT2D eigenvalue weighted by molar-refractivity contribution is 6.32. The van der Waals surface area contributed by atoms with Crippen molar-refractivity contribution in [3.05, 3.63) is 81.7 Å². The Kier molecular flexibility index (Phi) is 5.85. The van der Waals surface area contributed by atoms with Gasteiger partial charge in [-0.15, -0.1) is 0 Å². The summed E-state index contributed by atoms with van der Waals surface area (Å²) in [6, 6.07) is 9.81. The van der Waals surface area contributed by atoms with Gasteiger partial charge in [-0.25, -0.2) is 9.37 Å². The first-order valence-electron chi connectivity index (χ1n) is 10.9. The van der Waals surface area contributed by atoms with Crippen LogP contribution in [0.3, 0.4) is 0 Å². The van der Waals surface area contributed by atoms with Crippen molar-refractivity contribution < 1.29 is 14.6 Å². The lowest BCUT2D eigenvalue weighted by molar-refractivity contribution is 0.157. The first-order chi connectivity index (χ1) is 16.4. The van der Waals surface area contributed by atoms with Crippen molar-refractivity contribution >= 4 is 28.3 Å². The van der Waals surface area contributed by atoms with Gasteiger partial charge in [-0.1, -0.05) is 29.8 Å². The molecule has 1 aromatic carbocycles. The van der Waals surface area contributed by atoms with Crippen LogP contribution >= 0.6 is 11.6 Å². The number of aliphatic hydroxyl groups excluding tert-OH is 2. The first-order valence-corrected chi connectivity index (χ1v) is 11.3. The summed E-state index contributed by atoms with van der Waals surface area (Å²) in [5.74, 6) is 0.100. The molecule has 1 aliphatic carbocycles. The van der Waals surface area contributed by atoms with E-state index in [-0.39, 0.29) is 29.6 Å². The second-order valence-electron chi connectivity index (χ2n) is 8.66. The summed E-state index contributed by atoms with van der Waals surface area (Å²) in [4.78, 5) is 17.6. The topological polar surface area (TPSA) is 105 Å². The van der Waals surface area contributed by atoms with Gasteiger partial charge in [-0.3, -0.25) is 14.0 Å². The maximum atomic E-state index is 14.1. The maximum absolute atomic E-state index is 14.1. The highest BCUT2D eigenvalue weighted by atomic mass is 35.5. The second kappa shape index (κ2) is 8.83. The molecule has 8 nitrogen and oxygen atoms in total. The molecule has 10 heteroatoms. The van der Waals surface area contributed by atoms with Crippen LogP contribution in [0.25, 0.3) is 16.6 Å². The summed E-state index contributed by atoms with van der Waals surface area (Å²) < 4.78 is 17.1. The van der Waals surface area contributed by atoms with Crippen molar-refractivity contribution in [2.24, 2.45) is 0 Å². The van der Waals surface area contributed by atoms with Gasteiger partial charge in [-0.05, 0) is 31.4 Å². The zero-order valence-electron chi connectivity index (χ0n) is 18.2. The summed E-state index contributed by atoms with van der Waals surface area (Å²) in [5, 5.41) is 28.0. The van der Waals surface area contributed by atoms with E-state index in [4.69, 9.17) is 11.6 Å². The minimum atomic E-state index is -0.680. The number of fused-ring (bicyclic) bond motifs is 1. The molecule has 0 amide bonds. The summed E-state index contributed by atoms with van der Waals surface area (Å²) in [6.45, 7) is 0.0373. The lowest BCUT2D eigenvalue weighted by Gasteiger charge is -2.29. The third-order valence-electron chi connectivity index (χ3n) is 6.36.